The molecule has 0 spiro atoms. The van der Waals surface area contributed by atoms with Crippen LogP contribution in [0.5, 0.6) is 0 Å². The molecule has 7 heteroatoms. The van der Waals surface area contributed by atoms with E-state index in [1.54, 1.807) is 36.2 Å². The number of aliphatic hydroxyl groups is 1. The van der Waals surface area contributed by atoms with Crippen LogP contribution in [0, 0.1) is 0 Å². The second-order valence-corrected chi connectivity index (χ2v) is 7.35. The Balaban J connectivity index is 2.71. The fraction of sp³-hybridized carbons (Fsp3) is 0.556. The molecule has 0 aliphatic rings. The third-order valence-electron chi connectivity index (χ3n) is 3.26. The van der Waals surface area contributed by atoms with Crippen molar-refractivity contribution in [2.75, 3.05) is 26.7 Å². The number of halogens is 1. The van der Waals surface area contributed by atoms with E-state index in [4.69, 9.17) is 11.6 Å². The topological polar surface area (TPSA) is 77.0 Å². The van der Waals surface area contributed by atoms with Crippen LogP contribution in [0.1, 0.15) is 39.4 Å². The van der Waals surface area contributed by atoms with E-state index in [9.17, 15) is 9.90 Å². The fourth-order valence-electron chi connectivity index (χ4n) is 2.18. The van der Waals surface area contributed by atoms with Gasteiger partial charge in [0.15, 0.2) is 5.96 Å². The van der Waals surface area contributed by atoms with Crippen molar-refractivity contribution >= 4 is 23.5 Å². The van der Waals surface area contributed by atoms with Gasteiger partial charge in [-0.3, -0.25) is 9.79 Å². The third-order valence-corrected chi connectivity index (χ3v) is 3.51. The summed E-state index contributed by atoms with van der Waals surface area (Å²) in [5.41, 5.74) is 0.468. The van der Waals surface area contributed by atoms with E-state index in [0.717, 1.165) is 5.56 Å². The first-order valence-corrected chi connectivity index (χ1v) is 8.74. The number of guanidine groups is 1. The summed E-state index contributed by atoms with van der Waals surface area (Å²) < 4.78 is 0. The van der Waals surface area contributed by atoms with Crippen LogP contribution in [0.15, 0.2) is 29.3 Å². The molecule has 1 atom stereocenters. The highest BCUT2D eigenvalue weighted by Gasteiger charge is 2.17. The number of rotatable bonds is 6. The second kappa shape index (κ2) is 9.63. The number of hydrogen-bond donors (Lipinski definition) is 3. The number of hydrogen-bond acceptors (Lipinski definition) is 3. The van der Waals surface area contributed by atoms with Crippen molar-refractivity contribution in [3.05, 3.63) is 34.9 Å². The van der Waals surface area contributed by atoms with Gasteiger partial charge in [0.1, 0.15) is 0 Å². The van der Waals surface area contributed by atoms with E-state index < -0.39 is 6.10 Å². The van der Waals surface area contributed by atoms with E-state index in [1.807, 2.05) is 27.7 Å². The van der Waals surface area contributed by atoms with Gasteiger partial charge in [0.2, 0.25) is 5.91 Å². The van der Waals surface area contributed by atoms with Crippen molar-refractivity contribution in [2.45, 2.75) is 39.3 Å². The SMILES string of the molecule is CCNC(=NCC(O)c1ccc(Cl)cc1)N(C)CC(=O)NC(C)(C)C. The Morgan fingerprint density at radius 3 is 2.44 bits per heavy atom. The van der Waals surface area contributed by atoms with Gasteiger partial charge in [0.05, 0.1) is 19.2 Å². The van der Waals surface area contributed by atoms with Gasteiger partial charge < -0.3 is 20.6 Å². The predicted octanol–water partition coefficient (Wildman–Crippen LogP) is 2.19. The molecule has 1 amide bonds. The maximum absolute atomic E-state index is 12.1. The molecular formula is C18H29ClN4O2. The Kier molecular flexibility index (Phi) is 8.19. The van der Waals surface area contributed by atoms with Crippen molar-refractivity contribution in [3.63, 3.8) is 0 Å². The first kappa shape index (κ1) is 21.3. The van der Waals surface area contributed by atoms with Crippen LogP contribution in [0.4, 0.5) is 0 Å². The molecule has 0 radical (unpaired) electrons. The van der Waals surface area contributed by atoms with Crippen LogP contribution in [-0.4, -0.2) is 54.1 Å². The summed E-state index contributed by atoms with van der Waals surface area (Å²) >= 11 is 5.86. The molecule has 0 fully saturated rings. The molecule has 1 unspecified atom stereocenters. The van der Waals surface area contributed by atoms with Gasteiger partial charge >= 0.3 is 0 Å². The Morgan fingerprint density at radius 1 is 1.32 bits per heavy atom. The first-order chi connectivity index (χ1) is 11.6. The molecule has 0 saturated heterocycles. The molecule has 25 heavy (non-hydrogen) atoms. The van der Waals surface area contributed by atoms with E-state index in [1.165, 1.54) is 0 Å². The fourth-order valence-corrected chi connectivity index (χ4v) is 2.31. The molecule has 6 nitrogen and oxygen atoms in total. The molecule has 0 aliphatic heterocycles. The average Bonchev–Trinajstić information content (AvgIpc) is 2.49. The molecule has 0 bridgehead atoms. The zero-order valence-corrected chi connectivity index (χ0v) is 16.4. The third kappa shape index (κ3) is 8.23. The van der Waals surface area contributed by atoms with Gasteiger partial charge in [-0.2, -0.15) is 0 Å². The largest absolute Gasteiger partial charge is 0.386 e. The molecule has 140 valence electrons. The zero-order chi connectivity index (χ0) is 19.0. The van der Waals surface area contributed by atoms with Crippen LogP contribution in [0.2, 0.25) is 5.02 Å². The normalized spacial score (nSPS) is 13.3. The molecule has 0 aliphatic carbocycles. The highest BCUT2D eigenvalue weighted by molar-refractivity contribution is 6.30. The van der Waals surface area contributed by atoms with Crippen molar-refractivity contribution in [1.29, 1.82) is 0 Å². The highest BCUT2D eigenvalue weighted by atomic mass is 35.5. The summed E-state index contributed by atoms with van der Waals surface area (Å²) in [7, 11) is 1.79. The monoisotopic (exact) mass is 368 g/mol. The zero-order valence-electron chi connectivity index (χ0n) is 15.6. The summed E-state index contributed by atoms with van der Waals surface area (Å²) in [6.07, 6.45) is -0.734. The molecular weight excluding hydrogens is 340 g/mol. The van der Waals surface area contributed by atoms with Gasteiger partial charge in [-0.05, 0) is 45.4 Å². The number of nitrogens with one attached hydrogen (secondary N) is 2. The highest BCUT2D eigenvalue weighted by Crippen LogP contribution is 2.16. The van der Waals surface area contributed by atoms with Gasteiger partial charge in [-0.25, -0.2) is 0 Å². The number of carbonyl (C=O) groups excluding carboxylic acids is 1. The number of aliphatic imine (C=N–C) groups is 1. The quantitative estimate of drug-likeness (QED) is 0.531. The molecule has 1 rings (SSSR count). The smallest absolute Gasteiger partial charge is 0.240 e. The molecule has 1 aromatic carbocycles. The van der Waals surface area contributed by atoms with Crippen molar-refractivity contribution in [3.8, 4) is 0 Å². The first-order valence-electron chi connectivity index (χ1n) is 8.36. The van der Waals surface area contributed by atoms with Crippen molar-refractivity contribution < 1.29 is 9.90 Å². The lowest BCUT2D eigenvalue weighted by atomic mass is 10.1. The Morgan fingerprint density at radius 2 is 1.92 bits per heavy atom. The molecule has 1 aromatic rings. The van der Waals surface area contributed by atoms with Crippen LogP contribution < -0.4 is 10.6 Å². The lowest BCUT2D eigenvalue weighted by molar-refractivity contribution is -0.122. The Labute approximate surface area is 155 Å². The van der Waals surface area contributed by atoms with Gasteiger partial charge in [0.25, 0.3) is 0 Å². The van der Waals surface area contributed by atoms with Crippen LogP contribution in [0.3, 0.4) is 0 Å². The lowest BCUT2D eigenvalue weighted by Crippen LogP contribution is -2.48. The van der Waals surface area contributed by atoms with Gasteiger partial charge in [0, 0.05) is 24.2 Å². The van der Waals surface area contributed by atoms with Crippen LogP contribution in [0.25, 0.3) is 0 Å². The average molecular weight is 369 g/mol. The minimum absolute atomic E-state index is 0.0844. The van der Waals surface area contributed by atoms with Crippen LogP contribution in [-0.2, 0) is 4.79 Å². The summed E-state index contributed by atoms with van der Waals surface area (Å²) in [4.78, 5) is 18.2. The van der Waals surface area contributed by atoms with Gasteiger partial charge in [-0.15, -0.1) is 0 Å². The maximum Gasteiger partial charge on any atom is 0.240 e. The van der Waals surface area contributed by atoms with Crippen molar-refractivity contribution in [2.24, 2.45) is 4.99 Å². The summed E-state index contributed by atoms with van der Waals surface area (Å²) in [6, 6.07) is 7.02. The molecule has 0 heterocycles. The molecule has 0 saturated carbocycles. The number of likely N-dealkylation sites (N-methyl/N-ethyl adjacent to an activating group) is 1. The number of amides is 1. The standard InChI is InChI=1S/C18H29ClN4O2/c1-6-20-17(23(5)12-16(25)22-18(2,3)4)21-11-15(24)13-7-9-14(19)10-8-13/h7-10,15,24H,6,11-12H2,1-5H3,(H,20,21)(H,22,25). The number of nitrogens with zero attached hydrogens (tertiary/aromatic N) is 2. The van der Waals surface area contributed by atoms with Gasteiger partial charge in [-0.1, -0.05) is 23.7 Å². The number of aliphatic hydroxyl groups excluding tert-OH is 1. The summed E-state index contributed by atoms with van der Waals surface area (Å²) in [6.45, 7) is 8.80. The number of benzene rings is 1. The molecule has 3 N–H and O–H groups in total. The van der Waals surface area contributed by atoms with Crippen LogP contribution >= 0.6 is 11.6 Å². The van der Waals surface area contributed by atoms with E-state index >= 15 is 0 Å². The van der Waals surface area contributed by atoms with Crippen molar-refractivity contribution in [1.82, 2.24) is 15.5 Å². The second-order valence-electron chi connectivity index (χ2n) is 6.92. The maximum atomic E-state index is 12.1. The van der Waals surface area contributed by atoms with E-state index in [0.29, 0.717) is 17.5 Å². The Hall–Kier alpha value is -1.79. The minimum Gasteiger partial charge on any atom is -0.386 e. The Bertz CT molecular complexity index is 582. The predicted molar refractivity (Wildman–Crippen MR) is 103 cm³/mol. The number of carbonyl (C=O) groups is 1. The van der Waals surface area contributed by atoms with E-state index in [-0.39, 0.29) is 24.5 Å². The summed E-state index contributed by atoms with van der Waals surface area (Å²) in [5, 5.41) is 16.9. The minimum atomic E-state index is -0.734. The lowest BCUT2D eigenvalue weighted by Gasteiger charge is -2.25. The summed E-state index contributed by atoms with van der Waals surface area (Å²) in [5.74, 6) is 0.485. The molecule has 0 aromatic heterocycles. The van der Waals surface area contributed by atoms with E-state index in [2.05, 4.69) is 15.6 Å².